The van der Waals surface area contributed by atoms with E-state index in [0.717, 1.165) is 27.8 Å². The fourth-order valence-electron chi connectivity index (χ4n) is 1.11. The number of anilines is 1. The van der Waals surface area contributed by atoms with Crippen LogP contribution in [0.2, 0.25) is 0 Å². The first kappa shape index (κ1) is 13.0. The van der Waals surface area contributed by atoms with E-state index in [1.165, 1.54) is 0 Å². The maximum atomic E-state index is 5.44. The summed E-state index contributed by atoms with van der Waals surface area (Å²) >= 11 is 6.92. The number of nitrogens with one attached hydrogen (secondary N) is 1. The van der Waals surface area contributed by atoms with Gasteiger partial charge in [0.15, 0.2) is 0 Å². The molecule has 0 aliphatic carbocycles. The number of ether oxygens (including phenoxy) is 1. The first-order valence-electron chi connectivity index (χ1n) is 4.90. The zero-order valence-electron chi connectivity index (χ0n) is 8.89. The van der Waals surface area contributed by atoms with Crippen LogP contribution in [0.4, 0.5) is 5.69 Å². The second kappa shape index (κ2) is 6.51. The molecule has 84 valence electrons. The average Bonchev–Trinajstić information content (AvgIpc) is 2.17. The summed E-state index contributed by atoms with van der Waals surface area (Å²) < 4.78 is 7.58. The number of hydrogen-bond acceptors (Lipinski definition) is 2. The quantitative estimate of drug-likeness (QED) is 0.819. The van der Waals surface area contributed by atoms with Crippen molar-refractivity contribution in [1.29, 1.82) is 0 Å². The van der Waals surface area contributed by atoms with Crippen LogP contribution in [0.3, 0.4) is 0 Å². The smallest absolute Gasteiger partial charge is 0.0642 e. The molecular formula is C11H15Br2NO. The third-order valence-corrected chi connectivity index (χ3v) is 2.98. The lowest BCUT2D eigenvalue weighted by Gasteiger charge is -2.11. The molecule has 0 aliphatic heterocycles. The number of hydrogen-bond donors (Lipinski definition) is 1. The van der Waals surface area contributed by atoms with Crippen molar-refractivity contribution < 1.29 is 4.74 Å². The molecule has 0 heterocycles. The van der Waals surface area contributed by atoms with E-state index in [4.69, 9.17) is 4.74 Å². The zero-order valence-corrected chi connectivity index (χ0v) is 12.1. The van der Waals surface area contributed by atoms with Crippen LogP contribution in [0.5, 0.6) is 0 Å². The van der Waals surface area contributed by atoms with Gasteiger partial charge in [0.1, 0.15) is 0 Å². The Morgan fingerprint density at radius 1 is 1.33 bits per heavy atom. The largest absolute Gasteiger partial charge is 0.382 e. The molecule has 1 aromatic rings. The predicted octanol–water partition coefficient (Wildman–Crippen LogP) is 4.05. The van der Waals surface area contributed by atoms with Gasteiger partial charge in [0.05, 0.1) is 12.7 Å². The molecule has 0 unspecified atom stereocenters. The molecule has 0 saturated carbocycles. The lowest BCUT2D eigenvalue weighted by Crippen LogP contribution is -2.13. The number of halogens is 2. The standard InChI is InChI=1S/C11H15Br2NO/c1-8(2)15-6-5-14-11-7-9(12)3-4-10(11)13/h3-4,7-8,14H,5-6H2,1-2H3. The topological polar surface area (TPSA) is 21.3 Å². The van der Waals surface area contributed by atoms with E-state index < -0.39 is 0 Å². The predicted molar refractivity (Wildman–Crippen MR) is 71.4 cm³/mol. The summed E-state index contributed by atoms with van der Waals surface area (Å²) in [5.41, 5.74) is 1.08. The molecule has 0 atom stereocenters. The van der Waals surface area contributed by atoms with Gasteiger partial charge >= 0.3 is 0 Å². The van der Waals surface area contributed by atoms with Crippen molar-refractivity contribution in [3.63, 3.8) is 0 Å². The van der Waals surface area contributed by atoms with E-state index in [-0.39, 0.29) is 6.10 Å². The lowest BCUT2D eigenvalue weighted by molar-refractivity contribution is 0.0870. The molecule has 0 amide bonds. The molecule has 0 radical (unpaired) electrons. The minimum absolute atomic E-state index is 0.290. The van der Waals surface area contributed by atoms with Gasteiger partial charge in [-0.15, -0.1) is 0 Å². The Bertz CT molecular complexity index is 315. The van der Waals surface area contributed by atoms with Crippen LogP contribution >= 0.6 is 31.9 Å². The minimum Gasteiger partial charge on any atom is -0.382 e. The van der Waals surface area contributed by atoms with Gasteiger partial charge in [-0.1, -0.05) is 15.9 Å². The van der Waals surface area contributed by atoms with Crippen molar-refractivity contribution in [3.05, 3.63) is 27.1 Å². The average molecular weight is 337 g/mol. The van der Waals surface area contributed by atoms with Crippen LogP contribution < -0.4 is 5.32 Å². The molecule has 0 aromatic heterocycles. The molecule has 4 heteroatoms. The fourth-order valence-corrected chi connectivity index (χ4v) is 1.86. The first-order chi connectivity index (χ1) is 7.09. The molecular weight excluding hydrogens is 322 g/mol. The maximum absolute atomic E-state index is 5.44. The minimum atomic E-state index is 0.290. The molecule has 0 aliphatic rings. The van der Waals surface area contributed by atoms with Crippen LogP contribution in [-0.4, -0.2) is 19.3 Å². The monoisotopic (exact) mass is 335 g/mol. The molecule has 1 aromatic carbocycles. The van der Waals surface area contributed by atoms with Crippen LogP contribution in [0.15, 0.2) is 27.1 Å². The van der Waals surface area contributed by atoms with Crippen LogP contribution in [0.25, 0.3) is 0 Å². The summed E-state index contributed by atoms with van der Waals surface area (Å²) in [6.45, 7) is 5.61. The van der Waals surface area contributed by atoms with Gasteiger partial charge < -0.3 is 10.1 Å². The van der Waals surface area contributed by atoms with Crippen molar-refractivity contribution in [2.75, 3.05) is 18.5 Å². The van der Waals surface area contributed by atoms with Gasteiger partial charge in [-0.05, 0) is 48.0 Å². The highest BCUT2D eigenvalue weighted by Crippen LogP contribution is 2.25. The molecule has 0 spiro atoms. The van der Waals surface area contributed by atoms with E-state index in [2.05, 4.69) is 37.2 Å². The Labute approximate surface area is 108 Å². The summed E-state index contributed by atoms with van der Waals surface area (Å²) in [4.78, 5) is 0. The highest BCUT2D eigenvalue weighted by atomic mass is 79.9. The second-order valence-electron chi connectivity index (χ2n) is 3.47. The Morgan fingerprint density at radius 3 is 2.73 bits per heavy atom. The van der Waals surface area contributed by atoms with E-state index in [1.807, 2.05) is 32.0 Å². The zero-order chi connectivity index (χ0) is 11.3. The van der Waals surface area contributed by atoms with Gasteiger partial charge in [0, 0.05) is 21.2 Å². The number of rotatable bonds is 5. The second-order valence-corrected chi connectivity index (χ2v) is 5.24. The molecule has 2 nitrogen and oxygen atoms in total. The Morgan fingerprint density at radius 2 is 2.07 bits per heavy atom. The van der Waals surface area contributed by atoms with Crippen molar-refractivity contribution in [3.8, 4) is 0 Å². The van der Waals surface area contributed by atoms with Gasteiger partial charge in [-0.25, -0.2) is 0 Å². The summed E-state index contributed by atoms with van der Waals surface area (Å²) in [6, 6.07) is 6.05. The van der Waals surface area contributed by atoms with Crippen molar-refractivity contribution in [2.45, 2.75) is 20.0 Å². The molecule has 15 heavy (non-hydrogen) atoms. The SMILES string of the molecule is CC(C)OCCNc1cc(Br)ccc1Br. The van der Waals surface area contributed by atoms with Gasteiger partial charge in [0.25, 0.3) is 0 Å². The van der Waals surface area contributed by atoms with Crippen LogP contribution in [-0.2, 0) is 4.74 Å². The van der Waals surface area contributed by atoms with Crippen LogP contribution in [0.1, 0.15) is 13.8 Å². The molecule has 1 rings (SSSR count). The molecule has 0 fully saturated rings. The normalized spacial score (nSPS) is 10.7. The van der Waals surface area contributed by atoms with Gasteiger partial charge in [0.2, 0.25) is 0 Å². The Kier molecular flexibility index (Phi) is 5.64. The summed E-state index contributed by atoms with van der Waals surface area (Å²) in [6.07, 6.45) is 0.290. The third-order valence-electron chi connectivity index (χ3n) is 1.80. The van der Waals surface area contributed by atoms with Crippen molar-refractivity contribution >= 4 is 37.5 Å². The van der Waals surface area contributed by atoms with E-state index in [9.17, 15) is 0 Å². The third kappa shape index (κ3) is 5.00. The highest BCUT2D eigenvalue weighted by molar-refractivity contribution is 9.11. The van der Waals surface area contributed by atoms with Gasteiger partial charge in [-0.2, -0.15) is 0 Å². The lowest BCUT2D eigenvalue weighted by atomic mass is 10.3. The van der Waals surface area contributed by atoms with E-state index in [0.29, 0.717) is 0 Å². The maximum Gasteiger partial charge on any atom is 0.0642 e. The summed E-state index contributed by atoms with van der Waals surface area (Å²) in [5.74, 6) is 0. The highest BCUT2D eigenvalue weighted by Gasteiger charge is 2.00. The van der Waals surface area contributed by atoms with Crippen molar-refractivity contribution in [2.24, 2.45) is 0 Å². The first-order valence-corrected chi connectivity index (χ1v) is 6.48. The van der Waals surface area contributed by atoms with Crippen LogP contribution in [0, 0.1) is 0 Å². The van der Waals surface area contributed by atoms with E-state index in [1.54, 1.807) is 0 Å². The summed E-state index contributed by atoms with van der Waals surface area (Å²) in [7, 11) is 0. The Hall–Kier alpha value is -0.0600. The fraction of sp³-hybridized carbons (Fsp3) is 0.455. The molecule has 0 saturated heterocycles. The van der Waals surface area contributed by atoms with Crippen molar-refractivity contribution in [1.82, 2.24) is 0 Å². The molecule has 0 bridgehead atoms. The number of benzene rings is 1. The van der Waals surface area contributed by atoms with Gasteiger partial charge in [-0.3, -0.25) is 0 Å². The van der Waals surface area contributed by atoms with E-state index >= 15 is 0 Å². The molecule has 1 N–H and O–H groups in total. The Balaban J connectivity index is 2.40. The summed E-state index contributed by atoms with van der Waals surface area (Å²) in [5, 5.41) is 3.31.